The van der Waals surface area contributed by atoms with E-state index in [0.29, 0.717) is 5.92 Å². The molecule has 31 heavy (non-hydrogen) atoms. The number of aromatic nitrogens is 1. The minimum absolute atomic E-state index is 0.684. The predicted molar refractivity (Wildman–Crippen MR) is 135 cm³/mol. The largest absolute Gasteiger partial charge is 0.354 e. The normalized spacial score (nSPS) is 12.1. The number of hydrogen-bond donors (Lipinski definition) is 1. The number of fused-ring (bicyclic) bond motifs is 3. The maximum absolute atomic E-state index is 4.71. The Morgan fingerprint density at radius 1 is 0.903 bits per heavy atom. The van der Waals surface area contributed by atoms with Crippen LogP contribution in [0.5, 0.6) is 0 Å². The molecule has 4 rings (SSSR count). The molecule has 0 saturated heterocycles. The van der Waals surface area contributed by atoms with Crippen LogP contribution in [0.4, 0.5) is 0 Å². The molecule has 1 N–H and O–H groups in total. The Bertz CT molecular complexity index is 1240. The van der Waals surface area contributed by atoms with E-state index in [-0.39, 0.29) is 0 Å². The third kappa shape index (κ3) is 4.52. The van der Waals surface area contributed by atoms with E-state index in [4.69, 9.17) is 4.85 Å². The third-order valence-corrected chi connectivity index (χ3v) is 6.50. The molecule has 2 heteroatoms. The Balaban J connectivity index is 1.67. The van der Waals surface area contributed by atoms with E-state index in [0.717, 1.165) is 13.0 Å². The monoisotopic (exact) mass is 409 g/mol. The average molecular weight is 410 g/mol. The number of unbranched alkanes of at least 4 members (excludes halogenated alkanes) is 1. The fourth-order valence-corrected chi connectivity index (χ4v) is 4.53. The summed E-state index contributed by atoms with van der Waals surface area (Å²) in [7, 11) is 0. The van der Waals surface area contributed by atoms with E-state index in [2.05, 4.69) is 92.5 Å². The van der Waals surface area contributed by atoms with E-state index < -0.39 is 0 Å². The van der Waals surface area contributed by atoms with Crippen LogP contribution >= 0.6 is 0 Å². The van der Waals surface area contributed by atoms with E-state index in [1.54, 1.807) is 0 Å². The van der Waals surface area contributed by atoms with Crippen LogP contribution in [-0.2, 0) is 6.42 Å². The van der Waals surface area contributed by atoms with Gasteiger partial charge in [-0.05, 0) is 42.5 Å². The molecular weight excluding hydrogens is 376 g/mol. The van der Waals surface area contributed by atoms with Gasteiger partial charge in [0.25, 0.3) is 12.6 Å². The van der Waals surface area contributed by atoms with Crippen LogP contribution < -0.4 is 0 Å². The first-order valence-corrected chi connectivity index (χ1v) is 11.7. The SMILES string of the molecule is CCCCC(CC)C[N+]#CCc1c(C)cccc1-c1cccc2c1[nH]c1ccccc12. The fourth-order valence-electron chi connectivity index (χ4n) is 4.53. The van der Waals surface area contributed by atoms with Gasteiger partial charge in [0.1, 0.15) is 6.42 Å². The van der Waals surface area contributed by atoms with E-state index >= 15 is 0 Å². The zero-order valence-electron chi connectivity index (χ0n) is 19.0. The van der Waals surface area contributed by atoms with Crippen LogP contribution in [0.3, 0.4) is 0 Å². The molecule has 0 radical (unpaired) electrons. The lowest BCUT2D eigenvalue weighted by Crippen LogP contribution is -2.01. The quantitative estimate of drug-likeness (QED) is 0.316. The van der Waals surface area contributed by atoms with Gasteiger partial charge in [-0.3, -0.25) is 0 Å². The lowest BCUT2D eigenvalue weighted by Gasteiger charge is -2.11. The Hall–Kier alpha value is -3.05. The van der Waals surface area contributed by atoms with Crippen molar-refractivity contribution in [2.45, 2.75) is 52.9 Å². The van der Waals surface area contributed by atoms with Gasteiger partial charge in [0.2, 0.25) is 0 Å². The molecule has 0 aliphatic carbocycles. The minimum atomic E-state index is 0.684. The van der Waals surface area contributed by atoms with E-state index in [1.807, 2.05) is 0 Å². The Morgan fingerprint density at radius 2 is 1.68 bits per heavy atom. The second-order valence-electron chi connectivity index (χ2n) is 8.59. The topological polar surface area (TPSA) is 20.1 Å². The first-order chi connectivity index (χ1) is 15.2. The summed E-state index contributed by atoms with van der Waals surface area (Å²) in [6.45, 7) is 7.63. The smallest absolute Gasteiger partial charge is 0.277 e. The molecular formula is C29H33N2+. The van der Waals surface area contributed by atoms with Gasteiger partial charge in [0, 0.05) is 27.8 Å². The number of hydrogen-bond acceptors (Lipinski definition) is 0. The number of nitrogens with zero attached hydrogens (tertiary/aromatic N) is 1. The van der Waals surface area contributed by atoms with Crippen molar-refractivity contribution in [3.05, 3.63) is 76.6 Å². The standard InChI is InChI=1S/C29H33N2/c1-4-6-12-22(5-2)20-30-19-18-23-21(3)11-9-14-24(23)26-15-10-16-27-25-13-7-8-17-28(25)31-29(26)27/h7-11,13-17,22,31H,4-6,12,18,20H2,1-3H3/q+1. The molecule has 0 amide bonds. The first-order valence-electron chi connectivity index (χ1n) is 11.7. The van der Waals surface area contributed by atoms with Crippen LogP contribution in [0, 0.1) is 18.9 Å². The lowest BCUT2D eigenvalue weighted by atomic mass is 9.93. The van der Waals surface area contributed by atoms with E-state index in [9.17, 15) is 0 Å². The molecule has 0 fully saturated rings. The van der Waals surface area contributed by atoms with Gasteiger partial charge in [-0.2, -0.15) is 0 Å². The summed E-state index contributed by atoms with van der Waals surface area (Å²) in [4.78, 5) is 8.36. The summed E-state index contributed by atoms with van der Waals surface area (Å²) < 4.78 is 0. The van der Waals surface area contributed by atoms with Crippen molar-refractivity contribution < 1.29 is 0 Å². The van der Waals surface area contributed by atoms with Crippen molar-refractivity contribution >= 4 is 21.8 Å². The first kappa shape index (κ1) is 21.2. The maximum atomic E-state index is 4.71. The Kier molecular flexibility index (Phi) is 6.73. The van der Waals surface area contributed by atoms with Gasteiger partial charge in [-0.25, -0.2) is 0 Å². The maximum Gasteiger partial charge on any atom is 0.277 e. The highest BCUT2D eigenvalue weighted by Gasteiger charge is 2.15. The van der Waals surface area contributed by atoms with E-state index in [1.165, 1.54) is 69.7 Å². The van der Waals surface area contributed by atoms with Crippen molar-refractivity contribution in [3.63, 3.8) is 0 Å². The predicted octanol–water partition coefficient (Wildman–Crippen LogP) is 8.39. The minimum Gasteiger partial charge on any atom is -0.354 e. The Labute approximate surface area is 186 Å². The number of aromatic amines is 1. The summed E-state index contributed by atoms with van der Waals surface area (Å²) in [5, 5.41) is 2.55. The van der Waals surface area contributed by atoms with Gasteiger partial charge in [0.05, 0.1) is 5.52 Å². The van der Waals surface area contributed by atoms with Gasteiger partial charge in [-0.1, -0.05) is 86.1 Å². The van der Waals surface area contributed by atoms with Crippen LogP contribution in [0.15, 0.2) is 60.7 Å². The zero-order chi connectivity index (χ0) is 21.6. The molecule has 1 atom stereocenters. The fraction of sp³-hybridized carbons (Fsp3) is 0.345. The molecule has 4 aromatic rings. The highest BCUT2D eigenvalue weighted by Crippen LogP contribution is 2.35. The summed E-state index contributed by atoms with van der Waals surface area (Å²) in [6, 6.07) is 25.1. The molecule has 0 spiro atoms. The van der Waals surface area contributed by atoms with Crippen LogP contribution in [0.2, 0.25) is 0 Å². The number of H-pyrrole nitrogens is 1. The number of aryl methyl sites for hydroxylation is 1. The van der Waals surface area contributed by atoms with Crippen LogP contribution in [0.1, 0.15) is 50.7 Å². The second kappa shape index (κ2) is 9.84. The summed E-state index contributed by atoms with van der Waals surface area (Å²) >= 11 is 0. The van der Waals surface area contributed by atoms with Gasteiger partial charge in [0.15, 0.2) is 0 Å². The summed E-state index contributed by atoms with van der Waals surface area (Å²) in [6.07, 6.45) is 5.78. The highest BCUT2D eigenvalue weighted by atomic mass is 14.7. The molecule has 3 aromatic carbocycles. The van der Waals surface area contributed by atoms with Crippen molar-refractivity contribution in [3.8, 4) is 17.2 Å². The molecule has 2 nitrogen and oxygen atoms in total. The molecule has 1 aromatic heterocycles. The second-order valence-corrected chi connectivity index (χ2v) is 8.59. The number of nitrogens with one attached hydrogen (secondary N) is 1. The molecule has 158 valence electrons. The lowest BCUT2D eigenvalue weighted by molar-refractivity contribution is 0.482. The van der Waals surface area contributed by atoms with Crippen molar-refractivity contribution in [2.24, 2.45) is 5.92 Å². The zero-order valence-corrected chi connectivity index (χ0v) is 19.0. The van der Waals surface area contributed by atoms with Gasteiger partial charge < -0.3 is 4.98 Å². The average Bonchev–Trinajstić information content (AvgIpc) is 3.18. The number of para-hydroxylation sites is 2. The molecule has 0 aliphatic heterocycles. The molecule has 0 aliphatic rings. The van der Waals surface area contributed by atoms with Gasteiger partial charge in [-0.15, -0.1) is 0 Å². The van der Waals surface area contributed by atoms with Crippen LogP contribution in [0.25, 0.3) is 37.8 Å². The van der Waals surface area contributed by atoms with Crippen molar-refractivity contribution in [1.82, 2.24) is 4.98 Å². The number of benzene rings is 3. The molecule has 1 heterocycles. The van der Waals surface area contributed by atoms with Crippen molar-refractivity contribution in [2.75, 3.05) is 6.54 Å². The molecule has 1 unspecified atom stereocenters. The van der Waals surface area contributed by atoms with Crippen LogP contribution in [-0.4, -0.2) is 11.5 Å². The summed E-state index contributed by atoms with van der Waals surface area (Å²) in [5.41, 5.74) is 7.54. The highest BCUT2D eigenvalue weighted by molar-refractivity contribution is 6.12. The number of rotatable bonds is 7. The molecule has 0 saturated carbocycles. The van der Waals surface area contributed by atoms with Gasteiger partial charge >= 0.3 is 0 Å². The Morgan fingerprint density at radius 3 is 2.52 bits per heavy atom. The summed E-state index contributed by atoms with van der Waals surface area (Å²) in [5.74, 6) is 0.684. The molecule has 0 bridgehead atoms. The van der Waals surface area contributed by atoms with Crippen molar-refractivity contribution in [1.29, 1.82) is 0 Å². The third-order valence-electron chi connectivity index (χ3n) is 6.50.